The van der Waals surface area contributed by atoms with E-state index in [2.05, 4.69) is 43.0 Å². The van der Waals surface area contributed by atoms with Crippen LogP contribution in [0.15, 0.2) is 24.3 Å². The Kier molecular flexibility index (Phi) is 6.16. The molecule has 0 aliphatic rings. The minimum Gasteiger partial charge on any atom is -0.395 e. The van der Waals surface area contributed by atoms with Crippen LogP contribution in [0.25, 0.3) is 0 Å². The van der Waals surface area contributed by atoms with Crippen LogP contribution in [0, 0.1) is 0 Å². The SMILES string of the molecule is CCC(CC)N(CCO)c1ccc([C@@H](C)N)cc1. The number of hydrogen-bond acceptors (Lipinski definition) is 3. The number of hydrogen-bond donors (Lipinski definition) is 2. The summed E-state index contributed by atoms with van der Waals surface area (Å²) >= 11 is 0. The molecule has 3 nitrogen and oxygen atoms in total. The van der Waals surface area contributed by atoms with Crippen molar-refractivity contribution < 1.29 is 5.11 Å². The maximum atomic E-state index is 9.22. The van der Waals surface area contributed by atoms with Crippen molar-refractivity contribution in [3.8, 4) is 0 Å². The third-order valence-corrected chi connectivity index (χ3v) is 3.47. The first-order valence-electron chi connectivity index (χ1n) is 6.87. The highest BCUT2D eigenvalue weighted by atomic mass is 16.3. The quantitative estimate of drug-likeness (QED) is 0.782. The van der Waals surface area contributed by atoms with Crippen LogP contribution in [0.4, 0.5) is 5.69 Å². The maximum Gasteiger partial charge on any atom is 0.0606 e. The molecule has 1 atom stereocenters. The van der Waals surface area contributed by atoms with Gasteiger partial charge in [0.25, 0.3) is 0 Å². The average molecular weight is 250 g/mol. The van der Waals surface area contributed by atoms with Gasteiger partial charge in [0.1, 0.15) is 0 Å². The van der Waals surface area contributed by atoms with Crippen LogP contribution in [0.5, 0.6) is 0 Å². The van der Waals surface area contributed by atoms with Gasteiger partial charge in [-0.2, -0.15) is 0 Å². The van der Waals surface area contributed by atoms with Gasteiger partial charge in [0.05, 0.1) is 6.61 Å². The summed E-state index contributed by atoms with van der Waals surface area (Å²) < 4.78 is 0. The Bertz CT molecular complexity index is 331. The summed E-state index contributed by atoms with van der Waals surface area (Å²) in [5, 5.41) is 9.22. The lowest BCUT2D eigenvalue weighted by molar-refractivity contribution is 0.296. The van der Waals surface area contributed by atoms with Crippen LogP contribution in [0.3, 0.4) is 0 Å². The van der Waals surface area contributed by atoms with Crippen molar-refractivity contribution in [3.05, 3.63) is 29.8 Å². The average Bonchev–Trinajstić information content (AvgIpc) is 2.39. The summed E-state index contributed by atoms with van der Waals surface area (Å²) in [4.78, 5) is 2.28. The molecule has 0 spiro atoms. The lowest BCUT2D eigenvalue weighted by atomic mass is 10.1. The molecule has 0 radical (unpaired) electrons. The normalized spacial score (nSPS) is 12.8. The zero-order valence-electron chi connectivity index (χ0n) is 11.8. The van der Waals surface area contributed by atoms with Gasteiger partial charge in [-0.25, -0.2) is 0 Å². The van der Waals surface area contributed by atoms with Gasteiger partial charge in [-0.05, 0) is 37.5 Å². The van der Waals surface area contributed by atoms with Crippen LogP contribution in [0.2, 0.25) is 0 Å². The molecular formula is C15H26N2O. The van der Waals surface area contributed by atoms with E-state index < -0.39 is 0 Å². The van der Waals surface area contributed by atoms with Gasteiger partial charge in [0.2, 0.25) is 0 Å². The fraction of sp³-hybridized carbons (Fsp3) is 0.600. The minimum absolute atomic E-state index is 0.0680. The van der Waals surface area contributed by atoms with Gasteiger partial charge in [0, 0.05) is 24.3 Å². The van der Waals surface area contributed by atoms with E-state index in [-0.39, 0.29) is 12.6 Å². The molecular weight excluding hydrogens is 224 g/mol. The van der Waals surface area contributed by atoms with Gasteiger partial charge in [-0.15, -0.1) is 0 Å². The number of benzene rings is 1. The van der Waals surface area contributed by atoms with Crippen molar-refractivity contribution in [1.29, 1.82) is 0 Å². The van der Waals surface area contributed by atoms with Crippen molar-refractivity contribution in [2.75, 3.05) is 18.1 Å². The number of anilines is 1. The van der Waals surface area contributed by atoms with Crippen LogP contribution >= 0.6 is 0 Å². The van der Waals surface area contributed by atoms with Crippen LogP contribution in [-0.4, -0.2) is 24.3 Å². The lowest BCUT2D eigenvalue weighted by Gasteiger charge is -2.32. The highest BCUT2D eigenvalue weighted by molar-refractivity contribution is 5.49. The van der Waals surface area contributed by atoms with Gasteiger partial charge in [-0.1, -0.05) is 26.0 Å². The summed E-state index contributed by atoms with van der Waals surface area (Å²) in [6.45, 7) is 7.24. The number of aliphatic hydroxyl groups excluding tert-OH is 1. The smallest absolute Gasteiger partial charge is 0.0606 e. The first-order valence-corrected chi connectivity index (χ1v) is 6.87. The topological polar surface area (TPSA) is 49.5 Å². The summed E-state index contributed by atoms with van der Waals surface area (Å²) in [5.74, 6) is 0. The van der Waals surface area contributed by atoms with E-state index in [1.165, 1.54) is 5.69 Å². The molecule has 0 unspecified atom stereocenters. The molecule has 1 aromatic rings. The van der Waals surface area contributed by atoms with E-state index in [9.17, 15) is 5.11 Å². The second-order valence-corrected chi connectivity index (χ2v) is 4.77. The Morgan fingerprint density at radius 1 is 1.17 bits per heavy atom. The van der Waals surface area contributed by atoms with Crippen LogP contribution in [-0.2, 0) is 0 Å². The van der Waals surface area contributed by atoms with E-state index in [4.69, 9.17) is 5.73 Å². The molecule has 0 aliphatic carbocycles. The number of aliphatic hydroxyl groups is 1. The van der Waals surface area contributed by atoms with Crippen molar-refractivity contribution >= 4 is 5.69 Å². The predicted molar refractivity (Wildman–Crippen MR) is 77.8 cm³/mol. The molecule has 3 N–H and O–H groups in total. The minimum atomic E-state index is 0.0680. The molecule has 0 fully saturated rings. The Morgan fingerprint density at radius 3 is 2.11 bits per heavy atom. The zero-order chi connectivity index (χ0) is 13.5. The van der Waals surface area contributed by atoms with Crippen molar-refractivity contribution in [3.63, 3.8) is 0 Å². The van der Waals surface area contributed by atoms with Crippen LogP contribution in [0.1, 0.15) is 45.2 Å². The molecule has 1 rings (SSSR count). The monoisotopic (exact) mass is 250 g/mol. The Labute approximate surface area is 111 Å². The molecule has 18 heavy (non-hydrogen) atoms. The standard InChI is InChI=1S/C15H26N2O/c1-4-14(5-2)17(10-11-18)15-8-6-13(7-9-15)12(3)16/h6-9,12,14,18H,4-5,10-11,16H2,1-3H3/t12-/m1/s1. The van der Waals surface area contributed by atoms with E-state index in [1.54, 1.807) is 0 Å². The van der Waals surface area contributed by atoms with Crippen molar-refractivity contribution in [2.24, 2.45) is 5.73 Å². The molecule has 0 amide bonds. The molecule has 102 valence electrons. The third-order valence-electron chi connectivity index (χ3n) is 3.47. The first-order chi connectivity index (χ1) is 8.63. The Morgan fingerprint density at radius 2 is 1.72 bits per heavy atom. The summed E-state index contributed by atoms with van der Waals surface area (Å²) in [6.07, 6.45) is 2.18. The van der Waals surface area contributed by atoms with E-state index >= 15 is 0 Å². The molecule has 3 heteroatoms. The van der Waals surface area contributed by atoms with E-state index in [0.29, 0.717) is 12.6 Å². The first kappa shape index (κ1) is 15.0. The highest BCUT2D eigenvalue weighted by Gasteiger charge is 2.15. The second-order valence-electron chi connectivity index (χ2n) is 4.77. The molecule has 0 saturated heterocycles. The second kappa shape index (κ2) is 7.39. The van der Waals surface area contributed by atoms with Gasteiger partial charge in [-0.3, -0.25) is 0 Å². The highest BCUT2D eigenvalue weighted by Crippen LogP contribution is 2.22. The number of nitrogens with two attached hydrogens (primary N) is 1. The molecule has 0 aliphatic heterocycles. The van der Waals surface area contributed by atoms with Gasteiger partial charge in [0.15, 0.2) is 0 Å². The summed E-state index contributed by atoms with van der Waals surface area (Å²) in [6, 6.07) is 8.91. The number of nitrogens with zero attached hydrogens (tertiary/aromatic N) is 1. The molecule has 1 aromatic carbocycles. The molecule has 0 aromatic heterocycles. The van der Waals surface area contributed by atoms with E-state index in [0.717, 1.165) is 18.4 Å². The van der Waals surface area contributed by atoms with Gasteiger partial charge >= 0.3 is 0 Å². The molecule has 0 bridgehead atoms. The predicted octanol–water partition coefficient (Wildman–Crippen LogP) is 2.69. The molecule has 0 saturated carbocycles. The fourth-order valence-electron chi connectivity index (χ4n) is 2.33. The van der Waals surface area contributed by atoms with Crippen LogP contribution < -0.4 is 10.6 Å². The Balaban J connectivity index is 2.91. The third kappa shape index (κ3) is 3.72. The largest absolute Gasteiger partial charge is 0.395 e. The Hall–Kier alpha value is -1.06. The number of rotatable bonds is 7. The summed E-state index contributed by atoms with van der Waals surface area (Å²) in [5.41, 5.74) is 8.17. The summed E-state index contributed by atoms with van der Waals surface area (Å²) in [7, 11) is 0. The van der Waals surface area contributed by atoms with Gasteiger partial charge < -0.3 is 15.7 Å². The molecule has 0 heterocycles. The maximum absolute atomic E-state index is 9.22. The van der Waals surface area contributed by atoms with Crippen molar-refractivity contribution in [2.45, 2.75) is 45.7 Å². The lowest BCUT2D eigenvalue weighted by Crippen LogP contribution is -2.36. The zero-order valence-corrected chi connectivity index (χ0v) is 11.8. The van der Waals surface area contributed by atoms with E-state index in [1.807, 2.05) is 6.92 Å². The fourth-order valence-corrected chi connectivity index (χ4v) is 2.33. The van der Waals surface area contributed by atoms with Crippen molar-refractivity contribution in [1.82, 2.24) is 0 Å².